The third-order valence-electron chi connectivity index (χ3n) is 3.22. The Labute approximate surface area is 126 Å². The minimum absolute atomic E-state index is 0.165. The standard InChI is InChI=1S/C14H17F3N2OS/c15-14(16,17)12-4-3-10(7-11(12)13(18)21)19-5-6-20-8-9-1-2-9/h3-4,7,9,19H,1-2,5-6,8H2,(H2,18,21). The first kappa shape index (κ1) is 16.0. The quantitative estimate of drug-likeness (QED) is 0.599. The van der Waals surface area contributed by atoms with Crippen molar-refractivity contribution in [2.24, 2.45) is 11.7 Å². The zero-order valence-corrected chi connectivity index (χ0v) is 12.2. The summed E-state index contributed by atoms with van der Waals surface area (Å²) in [6, 6.07) is 3.68. The summed E-state index contributed by atoms with van der Waals surface area (Å²) >= 11 is 4.69. The Kier molecular flexibility index (Phi) is 5.05. The molecule has 0 aromatic heterocycles. The Bertz CT molecular complexity index is 515. The maximum Gasteiger partial charge on any atom is 0.417 e. The highest BCUT2D eigenvalue weighted by Crippen LogP contribution is 2.33. The number of thiocarbonyl (C=S) groups is 1. The molecule has 0 radical (unpaired) electrons. The second-order valence-electron chi connectivity index (χ2n) is 5.07. The van der Waals surface area contributed by atoms with Crippen LogP contribution in [-0.4, -0.2) is 24.7 Å². The second kappa shape index (κ2) is 6.62. The van der Waals surface area contributed by atoms with E-state index in [9.17, 15) is 13.2 Å². The number of benzene rings is 1. The van der Waals surface area contributed by atoms with Gasteiger partial charge in [0.1, 0.15) is 4.99 Å². The van der Waals surface area contributed by atoms with Crippen molar-refractivity contribution < 1.29 is 17.9 Å². The number of halogens is 3. The topological polar surface area (TPSA) is 47.3 Å². The molecule has 7 heteroatoms. The maximum atomic E-state index is 12.8. The number of anilines is 1. The smallest absolute Gasteiger partial charge is 0.389 e. The molecular formula is C14H17F3N2OS. The highest BCUT2D eigenvalue weighted by Gasteiger charge is 2.34. The molecule has 0 heterocycles. The lowest BCUT2D eigenvalue weighted by atomic mass is 10.1. The highest BCUT2D eigenvalue weighted by molar-refractivity contribution is 7.80. The fourth-order valence-electron chi connectivity index (χ4n) is 1.91. The molecule has 0 saturated heterocycles. The first-order valence-corrected chi connectivity index (χ1v) is 7.11. The van der Waals surface area contributed by atoms with Crippen molar-refractivity contribution >= 4 is 22.9 Å². The van der Waals surface area contributed by atoms with Gasteiger partial charge in [0.05, 0.1) is 12.2 Å². The summed E-state index contributed by atoms with van der Waals surface area (Å²) in [6.45, 7) is 1.79. The van der Waals surface area contributed by atoms with Crippen LogP contribution in [0.15, 0.2) is 18.2 Å². The van der Waals surface area contributed by atoms with E-state index in [1.54, 1.807) is 0 Å². The summed E-state index contributed by atoms with van der Waals surface area (Å²) in [5, 5.41) is 3.01. The van der Waals surface area contributed by atoms with Gasteiger partial charge in [0.15, 0.2) is 0 Å². The number of hydrogen-bond acceptors (Lipinski definition) is 3. The van der Waals surface area contributed by atoms with Gasteiger partial charge in [0.2, 0.25) is 0 Å². The van der Waals surface area contributed by atoms with Gasteiger partial charge in [0, 0.05) is 24.4 Å². The summed E-state index contributed by atoms with van der Waals surface area (Å²) in [7, 11) is 0. The lowest BCUT2D eigenvalue weighted by Gasteiger charge is -2.14. The van der Waals surface area contributed by atoms with Gasteiger partial charge >= 0.3 is 6.18 Å². The molecule has 3 N–H and O–H groups in total. The van der Waals surface area contributed by atoms with E-state index < -0.39 is 11.7 Å². The predicted molar refractivity (Wildman–Crippen MR) is 79.4 cm³/mol. The molecule has 1 aromatic rings. The molecule has 1 aliphatic rings. The molecule has 1 saturated carbocycles. The van der Waals surface area contributed by atoms with Gasteiger partial charge in [-0.25, -0.2) is 0 Å². The molecule has 21 heavy (non-hydrogen) atoms. The molecular weight excluding hydrogens is 301 g/mol. The zero-order valence-electron chi connectivity index (χ0n) is 11.4. The van der Waals surface area contributed by atoms with Gasteiger partial charge in [-0.1, -0.05) is 12.2 Å². The maximum absolute atomic E-state index is 12.8. The first-order valence-electron chi connectivity index (χ1n) is 6.70. The molecule has 0 aliphatic heterocycles. The predicted octanol–water partition coefficient (Wildman–Crippen LogP) is 3.18. The van der Waals surface area contributed by atoms with Gasteiger partial charge in [-0.15, -0.1) is 0 Å². The highest BCUT2D eigenvalue weighted by atomic mass is 32.1. The summed E-state index contributed by atoms with van der Waals surface area (Å²) < 4.78 is 43.9. The van der Waals surface area contributed by atoms with Crippen molar-refractivity contribution in [1.82, 2.24) is 0 Å². The number of hydrogen-bond donors (Lipinski definition) is 2. The molecule has 3 nitrogen and oxygen atoms in total. The summed E-state index contributed by atoms with van der Waals surface area (Å²) in [4.78, 5) is -0.268. The molecule has 0 atom stereocenters. The average Bonchev–Trinajstić information content (AvgIpc) is 3.21. The molecule has 2 rings (SSSR count). The lowest BCUT2D eigenvalue weighted by Crippen LogP contribution is -2.19. The fourth-order valence-corrected chi connectivity index (χ4v) is 2.08. The van der Waals surface area contributed by atoms with E-state index in [-0.39, 0.29) is 10.6 Å². The Balaban J connectivity index is 1.93. The van der Waals surface area contributed by atoms with E-state index in [4.69, 9.17) is 22.7 Å². The van der Waals surface area contributed by atoms with Crippen LogP contribution >= 0.6 is 12.2 Å². The Morgan fingerprint density at radius 1 is 1.38 bits per heavy atom. The molecule has 0 spiro atoms. The molecule has 1 aromatic carbocycles. The summed E-state index contributed by atoms with van der Waals surface area (Å²) in [5.74, 6) is 0.692. The van der Waals surface area contributed by atoms with E-state index in [0.717, 1.165) is 12.7 Å². The van der Waals surface area contributed by atoms with Gasteiger partial charge in [-0.05, 0) is 37.0 Å². The van der Waals surface area contributed by atoms with Crippen molar-refractivity contribution in [2.75, 3.05) is 25.1 Å². The van der Waals surface area contributed by atoms with E-state index in [1.807, 2.05) is 0 Å². The van der Waals surface area contributed by atoms with Crippen LogP contribution in [0.1, 0.15) is 24.0 Å². The average molecular weight is 318 g/mol. The minimum Gasteiger partial charge on any atom is -0.389 e. The van der Waals surface area contributed by atoms with Crippen LogP contribution in [0.3, 0.4) is 0 Å². The number of ether oxygens (including phenoxy) is 1. The normalized spacial score (nSPS) is 15.0. The van der Waals surface area contributed by atoms with Crippen LogP contribution in [0.25, 0.3) is 0 Å². The monoisotopic (exact) mass is 318 g/mol. The zero-order chi connectivity index (χ0) is 15.5. The van der Waals surface area contributed by atoms with Crippen molar-refractivity contribution in [3.05, 3.63) is 29.3 Å². The lowest BCUT2D eigenvalue weighted by molar-refractivity contribution is -0.137. The SMILES string of the molecule is NC(=S)c1cc(NCCOCC2CC2)ccc1C(F)(F)F. The second-order valence-corrected chi connectivity index (χ2v) is 5.51. The van der Waals surface area contributed by atoms with E-state index >= 15 is 0 Å². The Morgan fingerprint density at radius 2 is 2.10 bits per heavy atom. The number of alkyl halides is 3. The summed E-state index contributed by atoms with van der Waals surface area (Å²) in [5.41, 5.74) is 4.94. The van der Waals surface area contributed by atoms with Crippen LogP contribution in [0.2, 0.25) is 0 Å². The van der Waals surface area contributed by atoms with Crippen molar-refractivity contribution in [2.45, 2.75) is 19.0 Å². The van der Waals surface area contributed by atoms with Crippen LogP contribution in [-0.2, 0) is 10.9 Å². The first-order chi connectivity index (χ1) is 9.88. The van der Waals surface area contributed by atoms with Gasteiger partial charge in [-0.3, -0.25) is 0 Å². The van der Waals surface area contributed by atoms with Crippen molar-refractivity contribution in [3.63, 3.8) is 0 Å². The molecule has 1 fully saturated rings. The molecule has 1 aliphatic carbocycles. The van der Waals surface area contributed by atoms with Crippen molar-refractivity contribution in [1.29, 1.82) is 0 Å². The fraction of sp³-hybridized carbons (Fsp3) is 0.500. The summed E-state index contributed by atoms with van der Waals surface area (Å²) in [6.07, 6.45) is -2.02. The van der Waals surface area contributed by atoms with Crippen LogP contribution in [0.4, 0.5) is 18.9 Å². The molecule has 0 unspecified atom stereocenters. The molecule has 116 valence electrons. The van der Waals surface area contributed by atoms with Crippen LogP contribution in [0.5, 0.6) is 0 Å². The van der Waals surface area contributed by atoms with E-state index in [2.05, 4.69) is 5.32 Å². The van der Waals surface area contributed by atoms with Crippen LogP contribution in [0, 0.1) is 5.92 Å². The third-order valence-corrected chi connectivity index (χ3v) is 3.44. The van der Waals surface area contributed by atoms with Gasteiger partial charge in [-0.2, -0.15) is 13.2 Å². The Morgan fingerprint density at radius 3 is 2.67 bits per heavy atom. The van der Waals surface area contributed by atoms with Gasteiger partial charge < -0.3 is 15.8 Å². The molecule has 0 amide bonds. The van der Waals surface area contributed by atoms with Crippen LogP contribution < -0.4 is 11.1 Å². The van der Waals surface area contributed by atoms with Crippen molar-refractivity contribution in [3.8, 4) is 0 Å². The third kappa shape index (κ3) is 4.86. The molecule has 0 bridgehead atoms. The largest absolute Gasteiger partial charge is 0.417 e. The number of rotatable bonds is 7. The van der Waals surface area contributed by atoms with E-state index in [0.29, 0.717) is 24.8 Å². The number of nitrogens with two attached hydrogens (primary N) is 1. The van der Waals surface area contributed by atoms with E-state index in [1.165, 1.54) is 25.0 Å². The minimum atomic E-state index is -4.47. The van der Waals surface area contributed by atoms with Gasteiger partial charge in [0.25, 0.3) is 0 Å². The number of nitrogens with one attached hydrogen (secondary N) is 1. The Hall–Kier alpha value is -1.34.